The number of nitrogens with one attached hydrogen (secondary N) is 2. The number of thiophene rings is 1. The molecule has 1 aliphatic rings. The Morgan fingerprint density at radius 1 is 1.48 bits per heavy atom. The maximum atomic E-state index is 5.49. The van der Waals surface area contributed by atoms with Gasteiger partial charge < -0.3 is 15.4 Å². The van der Waals surface area contributed by atoms with E-state index in [1.807, 2.05) is 0 Å². The van der Waals surface area contributed by atoms with Crippen LogP contribution >= 0.6 is 11.3 Å². The molecule has 5 nitrogen and oxygen atoms in total. The van der Waals surface area contributed by atoms with E-state index in [-0.39, 0.29) is 0 Å². The smallest absolute Gasteiger partial charge is 0.226 e. The molecule has 2 atom stereocenters. The zero-order valence-electron chi connectivity index (χ0n) is 12.8. The second kappa shape index (κ2) is 6.15. The summed E-state index contributed by atoms with van der Waals surface area (Å²) < 4.78 is 5.49. The maximum absolute atomic E-state index is 5.49. The van der Waals surface area contributed by atoms with Gasteiger partial charge in [0.25, 0.3) is 0 Å². The predicted octanol–water partition coefficient (Wildman–Crippen LogP) is 3.27. The minimum absolute atomic E-state index is 0.347. The van der Waals surface area contributed by atoms with Crippen molar-refractivity contribution in [3.63, 3.8) is 0 Å². The lowest BCUT2D eigenvalue weighted by atomic mass is 10.0. The highest BCUT2D eigenvalue weighted by atomic mass is 32.1. The van der Waals surface area contributed by atoms with Crippen molar-refractivity contribution in [2.24, 2.45) is 5.92 Å². The number of anilines is 2. The molecule has 0 bridgehead atoms. The van der Waals surface area contributed by atoms with Crippen molar-refractivity contribution < 1.29 is 4.74 Å². The van der Waals surface area contributed by atoms with Crippen molar-refractivity contribution in [2.75, 3.05) is 30.4 Å². The molecule has 2 unspecified atom stereocenters. The van der Waals surface area contributed by atoms with Gasteiger partial charge in [0, 0.05) is 30.0 Å². The molecule has 1 fully saturated rings. The summed E-state index contributed by atoms with van der Waals surface area (Å²) in [5.41, 5.74) is 0. The van der Waals surface area contributed by atoms with Crippen LogP contribution in [0.4, 0.5) is 11.8 Å². The fraction of sp³-hybridized carbons (Fsp3) is 0.600. The van der Waals surface area contributed by atoms with Gasteiger partial charge in [-0.1, -0.05) is 0 Å². The first kappa shape index (κ1) is 14.5. The first-order chi connectivity index (χ1) is 10.2. The van der Waals surface area contributed by atoms with Gasteiger partial charge in [-0.3, -0.25) is 0 Å². The van der Waals surface area contributed by atoms with E-state index in [0.29, 0.717) is 17.9 Å². The molecule has 3 heterocycles. The lowest BCUT2D eigenvalue weighted by molar-refractivity contribution is 0.183. The summed E-state index contributed by atoms with van der Waals surface area (Å²) in [5.74, 6) is 2.18. The van der Waals surface area contributed by atoms with Crippen LogP contribution in [0.1, 0.15) is 25.1 Å². The average Bonchev–Trinajstić information content (AvgIpc) is 3.07. The lowest BCUT2D eigenvalue weighted by Gasteiger charge is -2.20. The van der Waals surface area contributed by atoms with Crippen LogP contribution in [0.2, 0.25) is 0 Å². The Kier molecular flexibility index (Phi) is 4.26. The van der Waals surface area contributed by atoms with Crippen molar-refractivity contribution in [1.82, 2.24) is 9.97 Å². The Bertz CT molecular complexity index is 621. The summed E-state index contributed by atoms with van der Waals surface area (Å²) >= 11 is 1.71. The highest BCUT2D eigenvalue weighted by Gasteiger charge is 2.23. The van der Waals surface area contributed by atoms with Gasteiger partial charge in [-0.05, 0) is 33.3 Å². The van der Waals surface area contributed by atoms with Crippen LogP contribution in [0.3, 0.4) is 0 Å². The Balaban J connectivity index is 1.91. The number of nitrogens with zero attached hydrogens (tertiary/aromatic N) is 2. The van der Waals surface area contributed by atoms with Gasteiger partial charge in [0.1, 0.15) is 10.6 Å². The fourth-order valence-electron chi connectivity index (χ4n) is 2.67. The summed E-state index contributed by atoms with van der Waals surface area (Å²) in [6.45, 7) is 8.90. The molecule has 3 rings (SSSR count). The largest absolute Gasteiger partial charge is 0.381 e. The molecule has 2 aromatic heterocycles. The molecule has 0 radical (unpaired) electrons. The Morgan fingerprint density at radius 2 is 2.33 bits per heavy atom. The van der Waals surface area contributed by atoms with Gasteiger partial charge in [0.15, 0.2) is 0 Å². The predicted molar refractivity (Wildman–Crippen MR) is 88.3 cm³/mol. The number of hydrogen-bond acceptors (Lipinski definition) is 6. The number of rotatable bonds is 5. The zero-order chi connectivity index (χ0) is 14.8. The normalized spacial score (nSPS) is 19.9. The van der Waals surface area contributed by atoms with Crippen molar-refractivity contribution in [1.29, 1.82) is 0 Å². The molecule has 6 heteroatoms. The van der Waals surface area contributed by atoms with Crippen molar-refractivity contribution >= 4 is 33.3 Å². The molecular formula is C15H22N4OS. The number of ether oxygens (including phenoxy) is 1. The third-order valence-electron chi connectivity index (χ3n) is 3.89. The topological polar surface area (TPSA) is 59.1 Å². The summed E-state index contributed by atoms with van der Waals surface area (Å²) in [6.07, 6.45) is 1.12. The van der Waals surface area contributed by atoms with E-state index in [2.05, 4.69) is 47.4 Å². The second-order valence-electron chi connectivity index (χ2n) is 5.56. The molecule has 0 saturated carbocycles. The van der Waals surface area contributed by atoms with E-state index in [9.17, 15) is 0 Å². The molecule has 0 aromatic carbocycles. The van der Waals surface area contributed by atoms with Gasteiger partial charge in [-0.2, -0.15) is 4.98 Å². The Morgan fingerprint density at radius 3 is 3.05 bits per heavy atom. The second-order valence-corrected chi connectivity index (χ2v) is 6.79. The third kappa shape index (κ3) is 3.11. The maximum Gasteiger partial charge on any atom is 0.226 e. The SMILES string of the molecule is CCNc1nc(NC(C)C2CCOC2)c2cc(C)sc2n1. The molecular weight excluding hydrogens is 284 g/mol. The third-order valence-corrected chi connectivity index (χ3v) is 4.83. The van der Waals surface area contributed by atoms with Gasteiger partial charge >= 0.3 is 0 Å². The van der Waals surface area contributed by atoms with E-state index in [0.717, 1.165) is 42.2 Å². The van der Waals surface area contributed by atoms with E-state index in [4.69, 9.17) is 4.74 Å². The molecule has 21 heavy (non-hydrogen) atoms. The molecule has 1 saturated heterocycles. The highest BCUT2D eigenvalue weighted by molar-refractivity contribution is 7.18. The number of fused-ring (bicyclic) bond motifs is 1. The molecule has 2 aromatic rings. The van der Waals surface area contributed by atoms with E-state index < -0.39 is 0 Å². The van der Waals surface area contributed by atoms with Crippen LogP contribution in [0.25, 0.3) is 10.2 Å². The number of hydrogen-bond donors (Lipinski definition) is 2. The van der Waals surface area contributed by atoms with Gasteiger partial charge in [-0.15, -0.1) is 11.3 Å². The van der Waals surface area contributed by atoms with Crippen LogP contribution in [0, 0.1) is 12.8 Å². The summed E-state index contributed by atoms with van der Waals surface area (Å²) in [6, 6.07) is 2.51. The van der Waals surface area contributed by atoms with Crippen LogP contribution in [0.15, 0.2) is 6.07 Å². The van der Waals surface area contributed by atoms with E-state index in [1.54, 1.807) is 11.3 Å². The van der Waals surface area contributed by atoms with Crippen molar-refractivity contribution in [3.8, 4) is 0 Å². The quantitative estimate of drug-likeness (QED) is 0.888. The van der Waals surface area contributed by atoms with Crippen LogP contribution in [-0.4, -0.2) is 35.8 Å². The Hall–Kier alpha value is -1.40. The average molecular weight is 306 g/mol. The first-order valence-corrected chi connectivity index (χ1v) is 8.35. The van der Waals surface area contributed by atoms with E-state index in [1.165, 1.54) is 4.88 Å². The lowest BCUT2D eigenvalue weighted by Crippen LogP contribution is -2.26. The van der Waals surface area contributed by atoms with Crippen molar-refractivity contribution in [3.05, 3.63) is 10.9 Å². The molecule has 2 N–H and O–H groups in total. The summed E-state index contributed by atoms with van der Waals surface area (Å²) in [4.78, 5) is 11.5. The summed E-state index contributed by atoms with van der Waals surface area (Å²) in [5, 5.41) is 7.90. The van der Waals surface area contributed by atoms with E-state index >= 15 is 0 Å². The Labute approximate surface area is 129 Å². The highest BCUT2D eigenvalue weighted by Crippen LogP contribution is 2.31. The van der Waals surface area contributed by atoms with Gasteiger partial charge in [0.2, 0.25) is 5.95 Å². The fourth-order valence-corrected chi connectivity index (χ4v) is 3.55. The van der Waals surface area contributed by atoms with Crippen LogP contribution < -0.4 is 10.6 Å². The number of aromatic nitrogens is 2. The molecule has 1 aliphatic heterocycles. The molecule has 0 aliphatic carbocycles. The summed E-state index contributed by atoms with van der Waals surface area (Å²) in [7, 11) is 0. The minimum Gasteiger partial charge on any atom is -0.381 e. The van der Waals surface area contributed by atoms with Gasteiger partial charge in [-0.25, -0.2) is 4.98 Å². The standard InChI is InChI=1S/C15H22N4OS/c1-4-16-15-18-13(12-7-9(2)21-14(12)19-15)17-10(3)11-5-6-20-8-11/h7,10-11H,4-6,8H2,1-3H3,(H2,16,17,18,19). The first-order valence-electron chi connectivity index (χ1n) is 7.53. The molecule has 114 valence electrons. The zero-order valence-corrected chi connectivity index (χ0v) is 13.6. The van der Waals surface area contributed by atoms with Crippen LogP contribution in [-0.2, 0) is 4.74 Å². The minimum atomic E-state index is 0.347. The number of aryl methyl sites for hydroxylation is 1. The van der Waals surface area contributed by atoms with Crippen LogP contribution in [0.5, 0.6) is 0 Å². The molecule has 0 spiro atoms. The van der Waals surface area contributed by atoms with Gasteiger partial charge in [0.05, 0.1) is 12.0 Å². The molecule has 0 amide bonds. The van der Waals surface area contributed by atoms with Crippen molar-refractivity contribution in [2.45, 2.75) is 33.2 Å². The monoisotopic (exact) mass is 306 g/mol.